The average Bonchev–Trinajstić information content (AvgIpc) is 2.65. The van der Waals surface area contributed by atoms with Gasteiger partial charge in [-0.3, -0.25) is 0 Å². The van der Waals surface area contributed by atoms with Gasteiger partial charge in [-0.25, -0.2) is 4.79 Å². The fraction of sp³-hybridized carbons (Fsp3) is 0.500. The van der Waals surface area contributed by atoms with E-state index in [2.05, 4.69) is 4.74 Å². The minimum Gasteiger partial charge on any atom is -0.463 e. The van der Waals surface area contributed by atoms with E-state index < -0.39 is 5.97 Å². The molecule has 0 atom stereocenters. The number of methoxy groups -OCH3 is 1. The number of nitrogens with two attached hydrogens (primary N) is 1. The lowest BCUT2D eigenvalue weighted by Crippen LogP contribution is -2.25. The van der Waals surface area contributed by atoms with Crippen LogP contribution in [0.25, 0.3) is 0 Å². The van der Waals surface area contributed by atoms with Gasteiger partial charge in [0.05, 0.1) is 13.4 Å². The molecule has 5 nitrogen and oxygen atoms in total. The molecule has 0 bridgehead atoms. The quantitative estimate of drug-likeness (QED) is 0.718. The van der Waals surface area contributed by atoms with Crippen LogP contribution in [0.5, 0.6) is 0 Å². The van der Waals surface area contributed by atoms with E-state index in [9.17, 15) is 4.79 Å². The first kappa shape index (κ1) is 11.7. The van der Waals surface area contributed by atoms with Gasteiger partial charge in [-0.15, -0.1) is 0 Å². The van der Waals surface area contributed by atoms with Crippen LogP contribution in [0.1, 0.15) is 16.1 Å². The van der Waals surface area contributed by atoms with Crippen molar-refractivity contribution in [3.8, 4) is 0 Å². The van der Waals surface area contributed by atoms with Crippen LogP contribution in [0.15, 0.2) is 16.7 Å². The van der Waals surface area contributed by atoms with Gasteiger partial charge in [-0.2, -0.15) is 0 Å². The maximum absolute atomic E-state index is 11.3. The number of nitrogens with zero attached hydrogens (tertiary/aromatic N) is 1. The van der Waals surface area contributed by atoms with E-state index in [1.807, 2.05) is 11.9 Å². The Kier molecular flexibility index (Phi) is 4.33. The number of furan rings is 1. The van der Waals surface area contributed by atoms with Gasteiger partial charge >= 0.3 is 5.97 Å². The third kappa shape index (κ3) is 3.07. The molecule has 2 N–H and O–H groups in total. The van der Waals surface area contributed by atoms with Gasteiger partial charge in [0.25, 0.3) is 0 Å². The molecule has 0 saturated carbocycles. The Bertz CT molecular complexity index is 322. The zero-order chi connectivity index (χ0) is 11.3. The van der Waals surface area contributed by atoms with Crippen molar-refractivity contribution in [2.75, 3.05) is 27.2 Å². The largest absolute Gasteiger partial charge is 0.463 e. The summed E-state index contributed by atoms with van der Waals surface area (Å²) in [6.07, 6.45) is 1.48. The van der Waals surface area contributed by atoms with Crippen molar-refractivity contribution in [3.63, 3.8) is 0 Å². The molecule has 0 radical (unpaired) electrons. The van der Waals surface area contributed by atoms with Crippen LogP contribution in [0.4, 0.5) is 0 Å². The van der Waals surface area contributed by atoms with Crippen molar-refractivity contribution >= 4 is 5.97 Å². The fourth-order valence-electron chi connectivity index (χ4n) is 1.32. The third-order valence-electron chi connectivity index (χ3n) is 2.07. The number of carbonyl (C=O) groups excluding carboxylic acids is 1. The van der Waals surface area contributed by atoms with Crippen LogP contribution in [-0.4, -0.2) is 38.1 Å². The molecule has 84 valence electrons. The normalized spacial score (nSPS) is 10.7. The number of hydrogen-bond donors (Lipinski definition) is 1. The number of rotatable bonds is 5. The number of hydrogen-bond acceptors (Lipinski definition) is 5. The molecule has 1 rings (SSSR count). The summed E-state index contributed by atoms with van der Waals surface area (Å²) in [5.74, 6) is -0.183. The van der Waals surface area contributed by atoms with E-state index in [1.165, 1.54) is 13.4 Å². The summed E-state index contributed by atoms with van der Waals surface area (Å²) >= 11 is 0. The van der Waals surface area contributed by atoms with Crippen molar-refractivity contribution in [2.24, 2.45) is 5.73 Å². The Hall–Kier alpha value is -1.33. The number of likely N-dealkylation sites (N-methyl/N-ethyl adjacent to an activating group) is 1. The van der Waals surface area contributed by atoms with Crippen LogP contribution in [-0.2, 0) is 11.3 Å². The molecule has 0 aliphatic heterocycles. The van der Waals surface area contributed by atoms with Crippen LogP contribution in [0.2, 0.25) is 0 Å². The first-order valence-corrected chi connectivity index (χ1v) is 4.72. The van der Waals surface area contributed by atoms with Gasteiger partial charge in [0.1, 0.15) is 0 Å². The molecular weight excluding hydrogens is 196 g/mol. The minimum atomic E-state index is -0.448. The Balaban J connectivity index is 2.68. The molecule has 0 fully saturated rings. The molecule has 0 spiro atoms. The lowest BCUT2D eigenvalue weighted by atomic mass is 10.2. The Morgan fingerprint density at radius 3 is 3.00 bits per heavy atom. The summed E-state index contributed by atoms with van der Waals surface area (Å²) in [6, 6.07) is 1.76. The van der Waals surface area contributed by atoms with E-state index in [0.29, 0.717) is 13.1 Å². The van der Waals surface area contributed by atoms with Gasteiger partial charge in [0.15, 0.2) is 0 Å². The number of esters is 1. The second-order valence-corrected chi connectivity index (χ2v) is 3.29. The molecular formula is C10H16N2O3. The number of carbonyl (C=O) groups is 1. The summed E-state index contributed by atoms with van der Waals surface area (Å²) < 4.78 is 9.66. The van der Waals surface area contributed by atoms with E-state index in [0.717, 1.165) is 12.1 Å². The second kappa shape index (κ2) is 5.53. The summed E-state index contributed by atoms with van der Waals surface area (Å²) in [6.45, 7) is 1.98. The van der Waals surface area contributed by atoms with Crippen LogP contribution < -0.4 is 5.73 Å². The average molecular weight is 212 g/mol. The van der Waals surface area contributed by atoms with Crippen LogP contribution >= 0.6 is 0 Å². The number of ether oxygens (including phenoxy) is 1. The highest BCUT2D eigenvalue weighted by molar-refractivity contribution is 5.87. The fourth-order valence-corrected chi connectivity index (χ4v) is 1.32. The molecule has 0 saturated heterocycles. The van der Waals surface area contributed by atoms with Gasteiger partial charge in [-0.1, -0.05) is 0 Å². The second-order valence-electron chi connectivity index (χ2n) is 3.29. The van der Waals surface area contributed by atoms with Crippen molar-refractivity contribution in [3.05, 3.63) is 23.7 Å². The minimum absolute atomic E-state index is 0.265. The van der Waals surface area contributed by atoms with Crippen molar-refractivity contribution in [1.82, 2.24) is 4.90 Å². The highest BCUT2D eigenvalue weighted by atomic mass is 16.5. The SMILES string of the molecule is COC(=O)c1occc1CN(C)CCN. The highest BCUT2D eigenvalue weighted by Crippen LogP contribution is 2.13. The molecule has 0 aliphatic carbocycles. The van der Waals surface area contributed by atoms with E-state index in [-0.39, 0.29) is 5.76 Å². The molecule has 1 heterocycles. The van der Waals surface area contributed by atoms with E-state index in [4.69, 9.17) is 10.2 Å². The highest BCUT2D eigenvalue weighted by Gasteiger charge is 2.16. The predicted octanol–water partition coefficient (Wildman–Crippen LogP) is 0.457. The summed E-state index contributed by atoms with van der Waals surface area (Å²) in [5, 5.41) is 0. The maximum Gasteiger partial charge on any atom is 0.374 e. The van der Waals surface area contributed by atoms with Gasteiger partial charge < -0.3 is 19.8 Å². The Morgan fingerprint density at radius 1 is 1.67 bits per heavy atom. The topological polar surface area (TPSA) is 68.7 Å². The Labute approximate surface area is 88.8 Å². The summed E-state index contributed by atoms with van der Waals surface area (Å²) in [7, 11) is 3.26. The van der Waals surface area contributed by atoms with E-state index in [1.54, 1.807) is 6.07 Å². The Morgan fingerprint density at radius 2 is 2.40 bits per heavy atom. The van der Waals surface area contributed by atoms with Gasteiger partial charge in [-0.05, 0) is 13.1 Å². The molecule has 15 heavy (non-hydrogen) atoms. The first-order chi connectivity index (χ1) is 7.19. The maximum atomic E-state index is 11.3. The van der Waals surface area contributed by atoms with Gasteiger partial charge in [0.2, 0.25) is 5.76 Å². The summed E-state index contributed by atoms with van der Waals surface area (Å²) in [5.41, 5.74) is 6.24. The third-order valence-corrected chi connectivity index (χ3v) is 2.07. The standard InChI is InChI=1S/C10H16N2O3/c1-12(5-4-11)7-8-3-6-15-9(8)10(13)14-2/h3,6H,4-5,7,11H2,1-2H3. The monoisotopic (exact) mass is 212 g/mol. The lowest BCUT2D eigenvalue weighted by Gasteiger charge is -2.14. The lowest BCUT2D eigenvalue weighted by molar-refractivity contribution is 0.0562. The van der Waals surface area contributed by atoms with Crippen LogP contribution in [0.3, 0.4) is 0 Å². The van der Waals surface area contributed by atoms with Gasteiger partial charge in [0, 0.05) is 25.2 Å². The van der Waals surface area contributed by atoms with Crippen molar-refractivity contribution < 1.29 is 13.9 Å². The smallest absolute Gasteiger partial charge is 0.374 e. The zero-order valence-electron chi connectivity index (χ0n) is 9.03. The molecule has 1 aromatic heterocycles. The first-order valence-electron chi connectivity index (χ1n) is 4.72. The molecule has 0 aromatic carbocycles. The molecule has 0 unspecified atom stereocenters. The van der Waals surface area contributed by atoms with Crippen molar-refractivity contribution in [1.29, 1.82) is 0 Å². The molecule has 0 aliphatic rings. The van der Waals surface area contributed by atoms with Crippen LogP contribution in [0, 0.1) is 0 Å². The predicted molar refractivity (Wildman–Crippen MR) is 55.4 cm³/mol. The summed E-state index contributed by atoms with van der Waals surface area (Å²) in [4.78, 5) is 13.3. The zero-order valence-corrected chi connectivity index (χ0v) is 9.03. The van der Waals surface area contributed by atoms with Crippen molar-refractivity contribution in [2.45, 2.75) is 6.54 Å². The molecule has 1 aromatic rings. The molecule has 0 amide bonds. The van der Waals surface area contributed by atoms with E-state index >= 15 is 0 Å². The molecule has 5 heteroatoms.